The molecule has 0 atom stereocenters. The molecule has 0 aliphatic rings. The summed E-state index contributed by atoms with van der Waals surface area (Å²) in [5, 5.41) is 6.70. The minimum atomic E-state index is -0.414. The van der Waals surface area contributed by atoms with E-state index in [1.807, 2.05) is 24.3 Å². The summed E-state index contributed by atoms with van der Waals surface area (Å²) in [4.78, 5) is 23.8. The Kier molecular flexibility index (Phi) is 8.05. The van der Waals surface area contributed by atoms with E-state index in [1.54, 1.807) is 38.3 Å². The highest BCUT2D eigenvalue weighted by Gasteiger charge is 2.07. The van der Waals surface area contributed by atoms with Gasteiger partial charge in [0.1, 0.15) is 11.5 Å². The van der Waals surface area contributed by atoms with Gasteiger partial charge in [-0.25, -0.2) is 5.43 Å². The van der Waals surface area contributed by atoms with Crippen LogP contribution in [0.15, 0.2) is 53.6 Å². The molecule has 0 aliphatic heterocycles. The van der Waals surface area contributed by atoms with Gasteiger partial charge in [-0.1, -0.05) is 6.07 Å². The van der Waals surface area contributed by atoms with Crippen molar-refractivity contribution in [3.63, 3.8) is 0 Å². The fraction of sp³-hybridized carbons (Fsp3) is 0.211. The first kappa shape index (κ1) is 20.7. The molecule has 0 radical (unpaired) electrons. The van der Waals surface area contributed by atoms with E-state index in [0.29, 0.717) is 17.2 Å². The number of ether oxygens (including phenoxy) is 2. The maximum absolute atomic E-state index is 12.0. The number of nitrogens with one attached hydrogen (secondary N) is 2. The summed E-state index contributed by atoms with van der Waals surface area (Å²) in [6.45, 7) is 1.48. The van der Waals surface area contributed by atoms with E-state index >= 15 is 0 Å². The topological polar surface area (TPSA) is 89.0 Å². The maximum Gasteiger partial charge on any atom is 0.277 e. The van der Waals surface area contributed by atoms with Gasteiger partial charge in [0.25, 0.3) is 5.91 Å². The Balaban J connectivity index is 1.74. The molecule has 0 spiro atoms. The van der Waals surface area contributed by atoms with Crippen molar-refractivity contribution >= 4 is 45.8 Å². The summed E-state index contributed by atoms with van der Waals surface area (Å²) in [5.74, 6) is 0.629. The zero-order valence-electron chi connectivity index (χ0n) is 15.0. The lowest BCUT2D eigenvalue weighted by Crippen LogP contribution is -2.26. The molecule has 142 valence electrons. The number of nitrogens with zero attached hydrogens (tertiary/aromatic N) is 1. The maximum atomic E-state index is 12.0. The van der Waals surface area contributed by atoms with Crippen molar-refractivity contribution in [2.75, 3.05) is 19.0 Å². The molecule has 0 heterocycles. The molecule has 0 saturated heterocycles. The third-order valence-corrected chi connectivity index (χ3v) is 4.00. The Morgan fingerprint density at radius 2 is 1.78 bits per heavy atom. The van der Waals surface area contributed by atoms with Crippen molar-refractivity contribution in [1.29, 1.82) is 0 Å². The first-order chi connectivity index (χ1) is 13.0. The number of amides is 2. The van der Waals surface area contributed by atoms with Crippen LogP contribution < -0.4 is 20.2 Å². The third-order valence-electron chi connectivity index (χ3n) is 3.33. The van der Waals surface area contributed by atoms with Crippen molar-refractivity contribution in [3.05, 3.63) is 52.1 Å². The molecule has 27 heavy (non-hydrogen) atoms. The predicted octanol–water partition coefficient (Wildman–Crippen LogP) is 3.20. The van der Waals surface area contributed by atoms with E-state index < -0.39 is 5.91 Å². The molecular formula is C19H20IN3O4. The van der Waals surface area contributed by atoms with E-state index in [9.17, 15) is 9.59 Å². The average Bonchev–Trinajstić information content (AvgIpc) is 2.65. The fourth-order valence-electron chi connectivity index (χ4n) is 2.05. The van der Waals surface area contributed by atoms with Crippen LogP contribution in [0.25, 0.3) is 0 Å². The van der Waals surface area contributed by atoms with Gasteiger partial charge >= 0.3 is 0 Å². The van der Waals surface area contributed by atoms with Crippen LogP contribution in [0.1, 0.15) is 13.3 Å². The van der Waals surface area contributed by atoms with Gasteiger partial charge in [-0.2, -0.15) is 5.10 Å². The standard InChI is InChI=1S/C19H20IN3O4/c1-13(10-18(24)21-15-5-3-4-14(20)11-15)22-23-19(25)12-27-17-8-6-16(26-2)7-9-17/h3-9,11H,10,12H2,1-2H3,(H,21,24)(H,23,25)/b22-13+. The molecule has 2 amide bonds. The van der Waals surface area contributed by atoms with Crippen molar-refractivity contribution in [2.45, 2.75) is 13.3 Å². The second kappa shape index (κ2) is 10.5. The molecule has 8 heteroatoms. The third kappa shape index (κ3) is 7.65. The molecule has 2 N–H and O–H groups in total. The molecule has 0 bridgehead atoms. The predicted molar refractivity (Wildman–Crippen MR) is 112 cm³/mol. The number of carbonyl (C=O) groups excluding carboxylic acids is 2. The van der Waals surface area contributed by atoms with Gasteiger partial charge in [-0.3, -0.25) is 9.59 Å². The van der Waals surface area contributed by atoms with E-state index in [1.165, 1.54) is 0 Å². The minimum absolute atomic E-state index is 0.0745. The normalized spacial score (nSPS) is 10.9. The van der Waals surface area contributed by atoms with Crippen LogP contribution in [-0.2, 0) is 9.59 Å². The average molecular weight is 481 g/mol. The summed E-state index contributed by atoms with van der Waals surface area (Å²) >= 11 is 2.17. The van der Waals surface area contributed by atoms with Crippen LogP contribution in [0.5, 0.6) is 11.5 Å². The molecule has 2 aromatic rings. The molecular weight excluding hydrogens is 461 g/mol. The van der Waals surface area contributed by atoms with E-state index in [4.69, 9.17) is 9.47 Å². The van der Waals surface area contributed by atoms with Crippen molar-refractivity contribution < 1.29 is 19.1 Å². The minimum Gasteiger partial charge on any atom is -0.497 e. The van der Waals surface area contributed by atoms with E-state index in [2.05, 4.69) is 38.4 Å². The largest absolute Gasteiger partial charge is 0.497 e. The molecule has 2 aromatic carbocycles. The van der Waals surface area contributed by atoms with Gasteiger partial charge in [0.2, 0.25) is 5.91 Å². The first-order valence-electron chi connectivity index (χ1n) is 8.10. The van der Waals surface area contributed by atoms with Gasteiger partial charge < -0.3 is 14.8 Å². The second-order valence-electron chi connectivity index (χ2n) is 5.58. The van der Waals surface area contributed by atoms with Crippen molar-refractivity contribution in [1.82, 2.24) is 5.43 Å². The van der Waals surface area contributed by atoms with Gasteiger partial charge in [0, 0.05) is 15.0 Å². The molecule has 0 saturated carbocycles. The monoisotopic (exact) mass is 481 g/mol. The number of benzene rings is 2. The van der Waals surface area contributed by atoms with Crippen molar-refractivity contribution in [3.8, 4) is 11.5 Å². The number of carbonyl (C=O) groups is 2. The fourth-order valence-corrected chi connectivity index (χ4v) is 2.60. The van der Waals surface area contributed by atoms with Gasteiger partial charge in [0.15, 0.2) is 6.61 Å². The summed E-state index contributed by atoms with van der Waals surface area (Å²) < 4.78 is 11.4. The second-order valence-corrected chi connectivity index (χ2v) is 6.83. The summed E-state index contributed by atoms with van der Waals surface area (Å²) in [6.07, 6.45) is 0.0745. The van der Waals surface area contributed by atoms with Crippen LogP contribution >= 0.6 is 22.6 Å². The number of hydrogen-bond acceptors (Lipinski definition) is 5. The highest BCUT2D eigenvalue weighted by Crippen LogP contribution is 2.16. The lowest BCUT2D eigenvalue weighted by Gasteiger charge is -2.07. The highest BCUT2D eigenvalue weighted by atomic mass is 127. The van der Waals surface area contributed by atoms with Gasteiger partial charge in [-0.15, -0.1) is 0 Å². The number of rotatable bonds is 8. The Morgan fingerprint density at radius 1 is 1.07 bits per heavy atom. The molecule has 0 aromatic heterocycles. The number of halogens is 1. The number of anilines is 1. The lowest BCUT2D eigenvalue weighted by atomic mass is 10.2. The Labute approximate surface area is 171 Å². The highest BCUT2D eigenvalue weighted by molar-refractivity contribution is 14.1. The molecule has 0 aliphatic carbocycles. The Hall–Kier alpha value is -2.62. The smallest absolute Gasteiger partial charge is 0.277 e. The van der Waals surface area contributed by atoms with Gasteiger partial charge in [-0.05, 0) is 72.0 Å². The summed E-state index contributed by atoms with van der Waals surface area (Å²) in [7, 11) is 1.57. The quantitative estimate of drug-likeness (QED) is 0.345. The van der Waals surface area contributed by atoms with E-state index in [-0.39, 0.29) is 18.9 Å². The summed E-state index contributed by atoms with van der Waals surface area (Å²) in [6, 6.07) is 14.4. The lowest BCUT2D eigenvalue weighted by molar-refractivity contribution is -0.123. The van der Waals surface area contributed by atoms with Crippen LogP contribution in [0.2, 0.25) is 0 Å². The molecule has 0 fully saturated rings. The Morgan fingerprint density at radius 3 is 2.44 bits per heavy atom. The zero-order valence-corrected chi connectivity index (χ0v) is 17.1. The molecule has 7 nitrogen and oxygen atoms in total. The SMILES string of the molecule is COc1ccc(OCC(=O)N/N=C(\C)CC(=O)Nc2cccc(I)c2)cc1. The van der Waals surface area contributed by atoms with Crippen LogP contribution in [0, 0.1) is 3.57 Å². The zero-order chi connectivity index (χ0) is 19.6. The van der Waals surface area contributed by atoms with Crippen LogP contribution in [-0.4, -0.2) is 31.2 Å². The van der Waals surface area contributed by atoms with Crippen LogP contribution in [0.4, 0.5) is 5.69 Å². The Bertz CT molecular complexity index is 822. The number of hydrogen-bond donors (Lipinski definition) is 2. The molecule has 0 unspecified atom stereocenters. The molecule has 2 rings (SSSR count). The van der Waals surface area contributed by atoms with E-state index in [0.717, 1.165) is 9.26 Å². The first-order valence-corrected chi connectivity index (χ1v) is 9.18. The number of hydrazone groups is 1. The summed E-state index contributed by atoms with van der Waals surface area (Å²) in [5.41, 5.74) is 3.57. The van der Waals surface area contributed by atoms with Crippen molar-refractivity contribution in [2.24, 2.45) is 5.10 Å². The van der Waals surface area contributed by atoms with Crippen LogP contribution in [0.3, 0.4) is 0 Å². The van der Waals surface area contributed by atoms with Gasteiger partial charge in [0.05, 0.1) is 13.5 Å². The number of methoxy groups -OCH3 is 1.